The molecule has 1 aliphatic heterocycles. The number of halogens is 1. The summed E-state index contributed by atoms with van der Waals surface area (Å²) in [5, 5.41) is 2.78. The van der Waals surface area contributed by atoms with E-state index in [9.17, 15) is 9.18 Å². The normalized spacial score (nSPS) is 18.2. The third-order valence-electron chi connectivity index (χ3n) is 3.21. The fraction of sp³-hybridized carbons (Fsp3) is 0.500. The van der Waals surface area contributed by atoms with Gasteiger partial charge in [-0.25, -0.2) is 4.39 Å². The van der Waals surface area contributed by atoms with Crippen molar-refractivity contribution in [3.05, 3.63) is 29.6 Å². The summed E-state index contributed by atoms with van der Waals surface area (Å²) < 4.78 is 13.7. The van der Waals surface area contributed by atoms with Crippen LogP contribution in [-0.2, 0) is 0 Å². The molecule has 1 saturated heterocycles. The number of rotatable bonds is 2. The Bertz CT molecular complexity index is 490. The summed E-state index contributed by atoms with van der Waals surface area (Å²) in [6.45, 7) is 5.66. The predicted octanol–water partition coefficient (Wildman–Crippen LogP) is 2.84. The van der Waals surface area contributed by atoms with Crippen LogP contribution in [0.25, 0.3) is 0 Å². The van der Waals surface area contributed by atoms with Crippen molar-refractivity contribution in [2.24, 2.45) is 0 Å². The zero-order valence-corrected chi connectivity index (χ0v) is 12.3. The Balaban J connectivity index is 2.27. The number of benzene rings is 1. The summed E-state index contributed by atoms with van der Waals surface area (Å²) in [6.07, 6.45) is 0. The highest BCUT2D eigenvalue weighted by molar-refractivity contribution is 8.00. The molecule has 1 amide bonds. The standard InChI is InChI=1S/C14H19FN2OS/c1-14(2)9-17(7-8-19-14)13(18)10-5-4-6-11(15)12(10)16-3/h4-6,16H,7-9H2,1-3H3. The molecule has 1 aliphatic rings. The molecule has 0 unspecified atom stereocenters. The van der Waals surface area contributed by atoms with E-state index < -0.39 is 0 Å². The van der Waals surface area contributed by atoms with E-state index in [0.29, 0.717) is 18.7 Å². The van der Waals surface area contributed by atoms with E-state index in [4.69, 9.17) is 0 Å². The first-order valence-corrected chi connectivity index (χ1v) is 7.33. The first kappa shape index (κ1) is 14.2. The second-order valence-corrected chi connectivity index (χ2v) is 7.05. The van der Waals surface area contributed by atoms with Gasteiger partial charge in [0.2, 0.25) is 0 Å². The van der Waals surface area contributed by atoms with Crippen molar-refractivity contribution in [3.63, 3.8) is 0 Å². The van der Waals surface area contributed by atoms with Gasteiger partial charge in [0.15, 0.2) is 0 Å². The number of hydrogen-bond acceptors (Lipinski definition) is 3. The first-order chi connectivity index (χ1) is 8.94. The van der Waals surface area contributed by atoms with Gasteiger partial charge in [-0.15, -0.1) is 0 Å². The molecule has 0 spiro atoms. The molecule has 5 heteroatoms. The Morgan fingerprint density at radius 1 is 1.47 bits per heavy atom. The fourth-order valence-electron chi connectivity index (χ4n) is 2.32. The number of anilines is 1. The molecular weight excluding hydrogens is 263 g/mol. The maximum absolute atomic E-state index is 13.7. The highest BCUT2D eigenvalue weighted by Crippen LogP contribution is 2.31. The summed E-state index contributed by atoms with van der Waals surface area (Å²) in [5.74, 6) is 0.430. The largest absolute Gasteiger partial charge is 0.385 e. The van der Waals surface area contributed by atoms with Crippen molar-refractivity contribution in [2.75, 3.05) is 31.2 Å². The number of thioether (sulfide) groups is 1. The quantitative estimate of drug-likeness (QED) is 0.905. The van der Waals surface area contributed by atoms with Gasteiger partial charge in [0.1, 0.15) is 5.82 Å². The molecule has 3 nitrogen and oxygen atoms in total. The molecule has 1 N–H and O–H groups in total. The van der Waals surface area contributed by atoms with Crippen molar-refractivity contribution in [1.82, 2.24) is 4.90 Å². The molecule has 19 heavy (non-hydrogen) atoms. The summed E-state index contributed by atoms with van der Waals surface area (Å²) >= 11 is 1.87. The molecule has 0 radical (unpaired) electrons. The fourth-order valence-corrected chi connectivity index (χ4v) is 3.43. The second-order valence-electron chi connectivity index (χ2n) is 5.25. The molecule has 104 valence electrons. The van der Waals surface area contributed by atoms with Gasteiger partial charge in [0, 0.05) is 30.6 Å². The molecule has 0 atom stereocenters. The Hall–Kier alpha value is -1.23. The van der Waals surface area contributed by atoms with Crippen LogP contribution in [0.15, 0.2) is 18.2 Å². The SMILES string of the molecule is CNc1c(F)cccc1C(=O)N1CCSC(C)(C)C1. The van der Waals surface area contributed by atoms with Crippen LogP contribution in [0.5, 0.6) is 0 Å². The van der Waals surface area contributed by atoms with Gasteiger partial charge in [-0.05, 0) is 26.0 Å². The maximum Gasteiger partial charge on any atom is 0.256 e. The molecule has 1 heterocycles. The minimum Gasteiger partial charge on any atom is -0.385 e. The Kier molecular flexibility index (Phi) is 4.04. The van der Waals surface area contributed by atoms with Gasteiger partial charge < -0.3 is 10.2 Å². The van der Waals surface area contributed by atoms with Crippen LogP contribution in [0.3, 0.4) is 0 Å². The van der Waals surface area contributed by atoms with Gasteiger partial charge in [0.05, 0.1) is 11.3 Å². The predicted molar refractivity (Wildman–Crippen MR) is 78.4 cm³/mol. The van der Waals surface area contributed by atoms with Crippen molar-refractivity contribution in [2.45, 2.75) is 18.6 Å². The van der Waals surface area contributed by atoms with Crippen molar-refractivity contribution in [3.8, 4) is 0 Å². The van der Waals surface area contributed by atoms with Crippen LogP contribution < -0.4 is 5.32 Å². The van der Waals surface area contributed by atoms with Gasteiger partial charge >= 0.3 is 0 Å². The maximum atomic E-state index is 13.7. The highest BCUT2D eigenvalue weighted by atomic mass is 32.2. The van der Waals surface area contributed by atoms with Gasteiger partial charge in [-0.3, -0.25) is 4.79 Å². The van der Waals surface area contributed by atoms with Crippen LogP contribution in [0.2, 0.25) is 0 Å². The van der Waals surface area contributed by atoms with Crippen molar-refractivity contribution in [1.29, 1.82) is 0 Å². The van der Waals surface area contributed by atoms with Crippen LogP contribution in [0.1, 0.15) is 24.2 Å². The van der Waals surface area contributed by atoms with Gasteiger partial charge in [-0.1, -0.05) is 6.07 Å². The highest BCUT2D eigenvalue weighted by Gasteiger charge is 2.31. The lowest BCUT2D eigenvalue weighted by Gasteiger charge is -2.37. The monoisotopic (exact) mass is 282 g/mol. The second kappa shape index (κ2) is 5.41. The summed E-state index contributed by atoms with van der Waals surface area (Å²) in [4.78, 5) is 14.3. The molecule has 0 aliphatic carbocycles. The molecular formula is C14H19FN2OS. The van der Waals surface area contributed by atoms with Crippen molar-refractivity contribution >= 4 is 23.4 Å². The number of para-hydroxylation sites is 1. The van der Waals surface area contributed by atoms with Gasteiger partial charge in [-0.2, -0.15) is 11.8 Å². The van der Waals surface area contributed by atoms with E-state index in [0.717, 1.165) is 5.75 Å². The summed E-state index contributed by atoms with van der Waals surface area (Å²) in [5.41, 5.74) is 0.689. The third kappa shape index (κ3) is 3.03. The first-order valence-electron chi connectivity index (χ1n) is 6.34. The molecule has 1 aromatic carbocycles. The molecule has 1 aromatic rings. The number of nitrogens with one attached hydrogen (secondary N) is 1. The molecule has 1 fully saturated rings. The van der Waals surface area contributed by atoms with E-state index >= 15 is 0 Å². The average Bonchev–Trinajstić information content (AvgIpc) is 2.36. The van der Waals surface area contributed by atoms with Gasteiger partial charge in [0.25, 0.3) is 5.91 Å². The Morgan fingerprint density at radius 3 is 2.84 bits per heavy atom. The third-order valence-corrected chi connectivity index (χ3v) is 4.50. The van der Waals surface area contributed by atoms with Crippen LogP contribution in [0, 0.1) is 5.82 Å². The van der Waals surface area contributed by atoms with E-state index in [1.165, 1.54) is 6.07 Å². The number of amides is 1. The lowest BCUT2D eigenvalue weighted by molar-refractivity contribution is 0.0748. The van der Waals surface area contributed by atoms with E-state index in [1.54, 1.807) is 19.2 Å². The zero-order valence-electron chi connectivity index (χ0n) is 11.5. The minimum atomic E-state index is -0.390. The summed E-state index contributed by atoms with van der Waals surface area (Å²) in [7, 11) is 1.63. The molecule has 0 saturated carbocycles. The topological polar surface area (TPSA) is 32.3 Å². The minimum absolute atomic E-state index is 0.0566. The van der Waals surface area contributed by atoms with Crippen LogP contribution in [-0.4, -0.2) is 41.4 Å². The zero-order chi connectivity index (χ0) is 14.0. The molecule has 0 bridgehead atoms. The van der Waals surface area contributed by atoms with E-state index in [2.05, 4.69) is 19.2 Å². The van der Waals surface area contributed by atoms with E-state index in [-0.39, 0.29) is 22.2 Å². The number of carbonyl (C=O) groups is 1. The summed E-state index contributed by atoms with van der Waals surface area (Å²) in [6, 6.07) is 4.61. The molecule has 2 rings (SSSR count). The number of hydrogen-bond donors (Lipinski definition) is 1. The number of carbonyl (C=O) groups excluding carboxylic acids is 1. The molecule has 0 aromatic heterocycles. The van der Waals surface area contributed by atoms with Crippen molar-refractivity contribution < 1.29 is 9.18 Å². The average molecular weight is 282 g/mol. The smallest absolute Gasteiger partial charge is 0.256 e. The number of nitrogens with zero attached hydrogens (tertiary/aromatic N) is 1. The lowest BCUT2D eigenvalue weighted by atomic mass is 10.1. The van der Waals surface area contributed by atoms with Crippen LogP contribution >= 0.6 is 11.8 Å². The Labute approximate surface area is 117 Å². The van der Waals surface area contributed by atoms with E-state index in [1.807, 2.05) is 16.7 Å². The van der Waals surface area contributed by atoms with Crippen LogP contribution in [0.4, 0.5) is 10.1 Å². The Morgan fingerprint density at radius 2 is 2.21 bits per heavy atom. The lowest BCUT2D eigenvalue weighted by Crippen LogP contribution is -2.46.